The molecule has 0 saturated carbocycles. The van der Waals surface area contributed by atoms with Crippen molar-refractivity contribution >= 4 is 34.4 Å². The van der Waals surface area contributed by atoms with Gasteiger partial charge in [0.15, 0.2) is 11.5 Å². The number of carbonyl (C=O) groups is 1. The van der Waals surface area contributed by atoms with Crippen LogP contribution >= 0.6 is 11.8 Å². The molecule has 8 nitrogen and oxygen atoms in total. The molecule has 1 amide bonds. The number of hydrogen-bond donors (Lipinski definition) is 0. The fourth-order valence-electron chi connectivity index (χ4n) is 5.73. The maximum Gasteiger partial charge on any atom is 0.410 e. The average molecular weight is 556 g/mol. The van der Waals surface area contributed by atoms with Crippen LogP contribution < -0.4 is 0 Å². The molecule has 2 fully saturated rings. The molecular weight excluding hydrogens is 522 g/mol. The van der Waals surface area contributed by atoms with Gasteiger partial charge in [0.05, 0.1) is 23.0 Å². The number of hydrogen-bond acceptors (Lipinski definition) is 7. The van der Waals surface area contributed by atoms with Gasteiger partial charge in [-0.2, -0.15) is 5.26 Å². The van der Waals surface area contributed by atoms with E-state index >= 15 is 0 Å². The van der Waals surface area contributed by atoms with Crippen molar-refractivity contribution in [3.63, 3.8) is 0 Å². The quantitative estimate of drug-likeness (QED) is 0.277. The van der Waals surface area contributed by atoms with Crippen LogP contribution in [0.2, 0.25) is 0 Å². The number of pyridine rings is 1. The summed E-state index contributed by atoms with van der Waals surface area (Å²) in [6.45, 7) is 7.52. The minimum Gasteiger partial charge on any atom is -0.444 e. The molecule has 206 valence electrons. The van der Waals surface area contributed by atoms with E-state index in [0.717, 1.165) is 63.4 Å². The highest BCUT2D eigenvalue weighted by molar-refractivity contribution is 7.99. The van der Waals surface area contributed by atoms with Crippen LogP contribution in [-0.4, -0.2) is 51.0 Å². The SMILES string of the molecule is CC(C)(C)OC(=O)N1CCC[C@H]1c1nnc2ccc3cc(Sc4cccc(C5(C#N)CCOCC5)c4)ccc3n12. The van der Waals surface area contributed by atoms with E-state index in [2.05, 4.69) is 63.1 Å². The monoisotopic (exact) mass is 555 g/mol. The van der Waals surface area contributed by atoms with Gasteiger partial charge in [-0.1, -0.05) is 23.9 Å². The normalized spacial score (nSPS) is 19.1. The molecule has 4 heterocycles. The van der Waals surface area contributed by atoms with Crippen molar-refractivity contribution in [1.82, 2.24) is 19.5 Å². The lowest BCUT2D eigenvalue weighted by atomic mass is 9.75. The van der Waals surface area contributed by atoms with Crippen LogP contribution in [0.3, 0.4) is 0 Å². The number of likely N-dealkylation sites (tertiary alicyclic amines) is 1. The Hall–Kier alpha value is -3.61. The second-order valence-electron chi connectivity index (χ2n) is 11.6. The lowest BCUT2D eigenvalue weighted by Gasteiger charge is -2.31. The maximum atomic E-state index is 13.0. The lowest BCUT2D eigenvalue weighted by molar-refractivity contribution is 0.0217. The van der Waals surface area contributed by atoms with Gasteiger partial charge in [0.25, 0.3) is 0 Å². The number of nitriles is 1. The van der Waals surface area contributed by atoms with Crippen LogP contribution in [0, 0.1) is 11.3 Å². The van der Waals surface area contributed by atoms with Gasteiger partial charge < -0.3 is 9.47 Å². The summed E-state index contributed by atoms with van der Waals surface area (Å²) in [5, 5.41) is 20.0. The Bertz CT molecular complexity index is 1610. The van der Waals surface area contributed by atoms with Gasteiger partial charge in [0, 0.05) is 29.5 Å². The van der Waals surface area contributed by atoms with Gasteiger partial charge >= 0.3 is 6.09 Å². The van der Waals surface area contributed by atoms with Crippen LogP contribution in [-0.2, 0) is 14.9 Å². The average Bonchev–Trinajstić information content (AvgIpc) is 3.60. The summed E-state index contributed by atoms with van der Waals surface area (Å²) < 4.78 is 13.3. The third kappa shape index (κ3) is 5.02. The van der Waals surface area contributed by atoms with E-state index in [-0.39, 0.29) is 12.1 Å². The first kappa shape index (κ1) is 26.6. The molecular formula is C31H33N5O3S. The highest BCUT2D eigenvalue weighted by Crippen LogP contribution is 2.38. The number of ether oxygens (including phenoxy) is 2. The summed E-state index contributed by atoms with van der Waals surface area (Å²) in [4.78, 5) is 17.0. The maximum absolute atomic E-state index is 13.0. The Labute approximate surface area is 238 Å². The third-order valence-electron chi connectivity index (χ3n) is 7.73. The first-order valence-corrected chi connectivity index (χ1v) is 14.6. The zero-order chi connectivity index (χ0) is 27.9. The van der Waals surface area contributed by atoms with Crippen molar-refractivity contribution in [1.29, 1.82) is 5.26 Å². The fraction of sp³-hybridized carbons (Fsp3) is 0.419. The van der Waals surface area contributed by atoms with E-state index in [0.29, 0.717) is 19.8 Å². The fourth-order valence-corrected chi connectivity index (χ4v) is 6.66. The smallest absolute Gasteiger partial charge is 0.410 e. The molecule has 40 heavy (non-hydrogen) atoms. The van der Waals surface area contributed by atoms with Gasteiger partial charge in [0.1, 0.15) is 5.60 Å². The summed E-state index contributed by atoms with van der Waals surface area (Å²) in [7, 11) is 0. The summed E-state index contributed by atoms with van der Waals surface area (Å²) in [5.41, 5.74) is 1.77. The Morgan fingerprint density at radius 3 is 2.67 bits per heavy atom. The van der Waals surface area contributed by atoms with E-state index in [1.807, 2.05) is 32.9 Å². The zero-order valence-corrected chi connectivity index (χ0v) is 23.9. The molecule has 0 spiro atoms. The van der Waals surface area contributed by atoms with Crippen molar-refractivity contribution in [2.75, 3.05) is 19.8 Å². The molecule has 0 N–H and O–H groups in total. The summed E-state index contributed by atoms with van der Waals surface area (Å²) in [6.07, 6.45) is 2.83. The Kier molecular flexibility index (Phi) is 6.93. The minimum absolute atomic E-state index is 0.190. The minimum atomic E-state index is -0.558. The topological polar surface area (TPSA) is 92.8 Å². The Morgan fingerprint density at radius 2 is 1.90 bits per heavy atom. The van der Waals surface area contributed by atoms with Crippen molar-refractivity contribution in [2.45, 2.75) is 73.3 Å². The van der Waals surface area contributed by atoms with Crippen LogP contribution in [0.4, 0.5) is 4.79 Å². The molecule has 2 saturated heterocycles. The van der Waals surface area contributed by atoms with Gasteiger partial charge in [-0.05, 0) is 99.9 Å². The van der Waals surface area contributed by atoms with Crippen LogP contribution in [0.1, 0.15) is 63.9 Å². The number of amides is 1. The first-order chi connectivity index (χ1) is 19.3. The molecule has 9 heteroatoms. The highest BCUT2D eigenvalue weighted by atomic mass is 32.2. The van der Waals surface area contributed by atoms with Gasteiger partial charge in [-0.15, -0.1) is 10.2 Å². The Balaban J connectivity index is 1.30. The molecule has 0 unspecified atom stereocenters. The molecule has 0 bridgehead atoms. The van der Waals surface area contributed by atoms with E-state index in [1.165, 1.54) is 0 Å². The molecule has 0 aliphatic carbocycles. The number of fused-ring (bicyclic) bond motifs is 3. The number of carbonyl (C=O) groups excluding carboxylic acids is 1. The predicted molar refractivity (Wildman–Crippen MR) is 153 cm³/mol. The first-order valence-electron chi connectivity index (χ1n) is 13.8. The van der Waals surface area contributed by atoms with Gasteiger partial charge in [-0.3, -0.25) is 9.30 Å². The summed E-state index contributed by atoms with van der Waals surface area (Å²) in [6, 6.07) is 21.2. The molecule has 6 rings (SSSR count). The predicted octanol–water partition coefficient (Wildman–Crippen LogP) is 6.68. The summed E-state index contributed by atoms with van der Waals surface area (Å²) >= 11 is 1.69. The van der Waals surface area contributed by atoms with Crippen LogP contribution in [0.5, 0.6) is 0 Å². The summed E-state index contributed by atoms with van der Waals surface area (Å²) in [5.74, 6) is 0.760. The van der Waals surface area contributed by atoms with Crippen LogP contribution in [0.15, 0.2) is 64.4 Å². The zero-order valence-electron chi connectivity index (χ0n) is 23.1. The largest absolute Gasteiger partial charge is 0.444 e. The number of aromatic nitrogens is 3. The van der Waals surface area contributed by atoms with Crippen molar-refractivity contribution in [2.24, 2.45) is 0 Å². The molecule has 2 aromatic carbocycles. The second-order valence-corrected chi connectivity index (χ2v) is 12.7. The molecule has 2 aliphatic heterocycles. The van der Waals surface area contributed by atoms with Crippen molar-refractivity contribution in [3.05, 3.63) is 66.0 Å². The van der Waals surface area contributed by atoms with E-state index in [4.69, 9.17) is 9.47 Å². The van der Waals surface area contributed by atoms with Gasteiger partial charge in [-0.25, -0.2) is 4.79 Å². The van der Waals surface area contributed by atoms with Crippen molar-refractivity contribution < 1.29 is 14.3 Å². The number of rotatable bonds is 4. The Morgan fingerprint density at radius 1 is 1.10 bits per heavy atom. The standard InChI is InChI=1S/C31H33N5O3S/c1-30(2,3)39-29(37)35-15-5-8-26(35)28-34-33-27-12-9-21-18-24(10-11-25(21)36(27)28)40-23-7-4-6-22(19-23)31(20-32)13-16-38-17-14-31/h4,6-7,9-12,18-19,26H,5,8,13-17H2,1-3H3/t26-/m0/s1. The molecule has 0 radical (unpaired) electrons. The number of benzene rings is 2. The molecule has 2 aromatic heterocycles. The number of nitrogens with zero attached hydrogens (tertiary/aromatic N) is 5. The second kappa shape index (κ2) is 10.4. The molecule has 2 aliphatic rings. The van der Waals surface area contributed by atoms with E-state index < -0.39 is 11.0 Å². The lowest BCUT2D eigenvalue weighted by Crippen LogP contribution is -2.37. The van der Waals surface area contributed by atoms with E-state index in [1.54, 1.807) is 16.7 Å². The third-order valence-corrected chi connectivity index (χ3v) is 8.71. The van der Waals surface area contributed by atoms with Crippen LogP contribution in [0.25, 0.3) is 16.6 Å². The van der Waals surface area contributed by atoms with Crippen molar-refractivity contribution in [3.8, 4) is 6.07 Å². The highest BCUT2D eigenvalue weighted by Gasteiger charge is 2.37. The van der Waals surface area contributed by atoms with E-state index in [9.17, 15) is 10.1 Å². The molecule has 1 atom stereocenters. The van der Waals surface area contributed by atoms with Gasteiger partial charge in [0.2, 0.25) is 0 Å². The molecule has 4 aromatic rings.